The maximum absolute atomic E-state index is 11.4. The molecule has 1 atom stereocenters. The van der Waals surface area contributed by atoms with Crippen LogP contribution in [0.5, 0.6) is 0 Å². The molecular formula is C29H30N8O2. The van der Waals surface area contributed by atoms with E-state index in [1.54, 1.807) is 0 Å². The molecule has 10 heteroatoms. The zero-order valence-electron chi connectivity index (χ0n) is 22.2. The van der Waals surface area contributed by atoms with E-state index in [0.717, 1.165) is 34.5 Å². The fourth-order valence-corrected chi connectivity index (χ4v) is 5.27. The topological polar surface area (TPSA) is 112 Å². The summed E-state index contributed by atoms with van der Waals surface area (Å²) in [5.74, 6) is 1.42. The molecule has 1 unspecified atom stereocenters. The van der Waals surface area contributed by atoms with Gasteiger partial charge in [-0.2, -0.15) is 0 Å². The van der Waals surface area contributed by atoms with E-state index in [1.165, 1.54) is 27.9 Å². The standard InChI is InChI=1S/C29H30N8O2/c1-18-12-22(6-5-21(18)13-20-4-8-25-24(14-20)32-17-35(25)3)33-28-27-23(30-16-31-28)7-9-26(34-27)36-10-11-37(29(38)39)19(2)15-36/h4-9,12,14,16-17,19H,10-11,13,15H2,1-3H3,(H,38,39)(H,30,31,33). The van der Waals surface area contributed by atoms with Crippen molar-refractivity contribution in [3.8, 4) is 0 Å². The van der Waals surface area contributed by atoms with Gasteiger partial charge in [-0.15, -0.1) is 0 Å². The van der Waals surface area contributed by atoms with Gasteiger partial charge in [-0.05, 0) is 73.4 Å². The molecule has 4 heterocycles. The minimum atomic E-state index is -0.885. The van der Waals surface area contributed by atoms with Crippen molar-refractivity contribution in [1.29, 1.82) is 0 Å². The van der Waals surface area contributed by atoms with Crippen molar-refractivity contribution in [2.24, 2.45) is 7.05 Å². The van der Waals surface area contributed by atoms with Crippen LogP contribution in [0.15, 0.2) is 61.2 Å². The maximum atomic E-state index is 11.4. The third-order valence-corrected chi connectivity index (χ3v) is 7.45. The number of anilines is 3. The van der Waals surface area contributed by atoms with Gasteiger partial charge >= 0.3 is 6.09 Å². The van der Waals surface area contributed by atoms with Crippen LogP contribution in [-0.4, -0.2) is 66.3 Å². The smallest absolute Gasteiger partial charge is 0.407 e. The number of aromatic nitrogens is 5. The van der Waals surface area contributed by atoms with Crippen LogP contribution >= 0.6 is 0 Å². The number of amides is 1. The average Bonchev–Trinajstić information content (AvgIpc) is 3.29. The summed E-state index contributed by atoms with van der Waals surface area (Å²) in [6.45, 7) is 5.63. The Kier molecular flexibility index (Phi) is 6.22. The number of nitrogens with one attached hydrogen (secondary N) is 1. The summed E-state index contributed by atoms with van der Waals surface area (Å²) in [5.41, 5.74) is 8.12. The number of nitrogens with zero attached hydrogens (tertiary/aromatic N) is 7. The lowest BCUT2D eigenvalue weighted by atomic mass is 9.99. The van der Waals surface area contributed by atoms with Gasteiger partial charge in [0.15, 0.2) is 5.82 Å². The van der Waals surface area contributed by atoms with Crippen LogP contribution in [0.1, 0.15) is 23.6 Å². The Morgan fingerprint density at radius 2 is 1.92 bits per heavy atom. The first-order valence-corrected chi connectivity index (χ1v) is 13.0. The van der Waals surface area contributed by atoms with Crippen LogP contribution < -0.4 is 10.2 Å². The molecule has 0 radical (unpaired) electrons. The van der Waals surface area contributed by atoms with Crippen molar-refractivity contribution in [2.75, 3.05) is 29.9 Å². The second kappa shape index (κ2) is 9.86. The molecule has 0 spiro atoms. The van der Waals surface area contributed by atoms with Gasteiger partial charge in [0.05, 0.1) is 22.9 Å². The third kappa shape index (κ3) is 4.81. The van der Waals surface area contributed by atoms with Crippen molar-refractivity contribution < 1.29 is 9.90 Å². The summed E-state index contributed by atoms with van der Waals surface area (Å²) in [6, 6.07) is 16.5. The highest BCUT2D eigenvalue weighted by Crippen LogP contribution is 2.27. The van der Waals surface area contributed by atoms with Crippen LogP contribution in [0.3, 0.4) is 0 Å². The van der Waals surface area contributed by atoms with E-state index >= 15 is 0 Å². The van der Waals surface area contributed by atoms with Gasteiger partial charge in [0.1, 0.15) is 17.7 Å². The number of pyridine rings is 1. The molecule has 1 aliphatic rings. The summed E-state index contributed by atoms with van der Waals surface area (Å²) in [5, 5.41) is 12.8. The van der Waals surface area contributed by atoms with Gasteiger partial charge in [-0.1, -0.05) is 12.1 Å². The van der Waals surface area contributed by atoms with Crippen molar-refractivity contribution >= 4 is 45.5 Å². The Morgan fingerprint density at radius 3 is 2.72 bits per heavy atom. The first-order valence-electron chi connectivity index (χ1n) is 13.0. The monoisotopic (exact) mass is 522 g/mol. The Morgan fingerprint density at radius 1 is 1.05 bits per heavy atom. The number of benzene rings is 2. The Balaban J connectivity index is 1.22. The first kappa shape index (κ1) is 24.6. The van der Waals surface area contributed by atoms with Crippen molar-refractivity contribution in [3.05, 3.63) is 77.9 Å². The van der Waals surface area contributed by atoms with E-state index in [4.69, 9.17) is 4.98 Å². The van der Waals surface area contributed by atoms with Crippen LogP contribution in [0.2, 0.25) is 0 Å². The lowest BCUT2D eigenvalue weighted by molar-refractivity contribution is 0.122. The van der Waals surface area contributed by atoms with Crippen LogP contribution in [0.25, 0.3) is 22.1 Å². The van der Waals surface area contributed by atoms with Crippen LogP contribution in [0.4, 0.5) is 22.1 Å². The predicted molar refractivity (Wildman–Crippen MR) is 152 cm³/mol. The lowest BCUT2D eigenvalue weighted by Crippen LogP contribution is -2.53. The van der Waals surface area contributed by atoms with Crippen molar-refractivity contribution in [2.45, 2.75) is 26.3 Å². The van der Waals surface area contributed by atoms with Crippen molar-refractivity contribution in [1.82, 2.24) is 29.4 Å². The molecule has 198 valence electrons. The third-order valence-electron chi connectivity index (χ3n) is 7.45. The highest BCUT2D eigenvalue weighted by atomic mass is 16.4. The van der Waals surface area contributed by atoms with Crippen LogP contribution in [-0.2, 0) is 13.5 Å². The molecule has 6 rings (SSSR count). The molecule has 3 aromatic heterocycles. The van der Waals surface area contributed by atoms with Gasteiger partial charge in [-0.25, -0.2) is 24.7 Å². The molecule has 39 heavy (non-hydrogen) atoms. The number of carboxylic acid groups (broad SMARTS) is 1. The molecule has 0 aliphatic carbocycles. The number of imidazole rings is 1. The Bertz CT molecular complexity index is 1700. The fraction of sp³-hybridized carbons (Fsp3) is 0.276. The zero-order chi connectivity index (χ0) is 27.1. The zero-order valence-corrected chi connectivity index (χ0v) is 22.2. The minimum absolute atomic E-state index is 0.120. The maximum Gasteiger partial charge on any atom is 0.407 e. The molecule has 0 saturated carbocycles. The number of hydrogen-bond donors (Lipinski definition) is 2. The molecule has 5 aromatic rings. The van der Waals surface area contributed by atoms with Gasteiger partial charge in [-0.3, -0.25) is 0 Å². The van der Waals surface area contributed by atoms with E-state index < -0.39 is 6.09 Å². The number of piperazine rings is 1. The highest BCUT2D eigenvalue weighted by Gasteiger charge is 2.28. The van der Waals surface area contributed by atoms with Gasteiger partial charge in [0.2, 0.25) is 0 Å². The fourth-order valence-electron chi connectivity index (χ4n) is 5.27. The van der Waals surface area contributed by atoms with Gasteiger partial charge < -0.3 is 24.8 Å². The van der Waals surface area contributed by atoms with Gasteiger partial charge in [0.25, 0.3) is 0 Å². The first-order chi connectivity index (χ1) is 18.9. The summed E-state index contributed by atoms with van der Waals surface area (Å²) in [7, 11) is 2.00. The lowest BCUT2D eigenvalue weighted by Gasteiger charge is -2.38. The van der Waals surface area contributed by atoms with E-state index in [9.17, 15) is 9.90 Å². The molecule has 1 aliphatic heterocycles. The van der Waals surface area contributed by atoms with Gasteiger partial charge in [0, 0.05) is 38.4 Å². The number of aryl methyl sites for hydroxylation is 2. The Hall–Kier alpha value is -4.73. The second-order valence-electron chi connectivity index (χ2n) is 10.2. The van der Waals surface area contributed by atoms with E-state index in [-0.39, 0.29) is 6.04 Å². The number of rotatable bonds is 5. The molecular weight excluding hydrogens is 492 g/mol. The molecule has 1 fully saturated rings. The number of hydrogen-bond acceptors (Lipinski definition) is 7. The normalized spacial score (nSPS) is 15.7. The quantitative estimate of drug-likeness (QED) is 0.340. The SMILES string of the molecule is Cc1cc(Nc2ncnc3ccc(N4CCN(C(=O)O)C(C)C4)nc23)ccc1Cc1ccc2c(c1)ncn2C. The van der Waals surface area contributed by atoms with E-state index in [1.807, 2.05) is 37.0 Å². The predicted octanol–water partition coefficient (Wildman–Crippen LogP) is 4.74. The largest absolute Gasteiger partial charge is 0.465 e. The average molecular weight is 523 g/mol. The van der Waals surface area contributed by atoms with Crippen molar-refractivity contribution in [3.63, 3.8) is 0 Å². The molecule has 1 amide bonds. The highest BCUT2D eigenvalue weighted by molar-refractivity contribution is 5.88. The molecule has 0 bridgehead atoms. The Labute approximate surface area is 226 Å². The van der Waals surface area contributed by atoms with Crippen LogP contribution in [0, 0.1) is 6.92 Å². The number of carbonyl (C=O) groups is 1. The summed E-state index contributed by atoms with van der Waals surface area (Å²) in [6.07, 6.45) is 3.32. The van der Waals surface area contributed by atoms with E-state index in [2.05, 4.69) is 68.5 Å². The number of fused-ring (bicyclic) bond motifs is 2. The molecule has 10 nitrogen and oxygen atoms in total. The molecule has 2 N–H and O–H groups in total. The van der Waals surface area contributed by atoms with E-state index in [0.29, 0.717) is 31.0 Å². The summed E-state index contributed by atoms with van der Waals surface area (Å²) < 4.78 is 2.03. The molecule has 1 saturated heterocycles. The summed E-state index contributed by atoms with van der Waals surface area (Å²) in [4.78, 5) is 33.3. The minimum Gasteiger partial charge on any atom is -0.465 e. The second-order valence-corrected chi connectivity index (χ2v) is 10.2. The molecule has 2 aromatic carbocycles. The summed E-state index contributed by atoms with van der Waals surface area (Å²) >= 11 is 0.